The van der Waals surface area contributed by atoms with Gasteiger partial charge in [0.2, 0.25) is 0 Å². The summed E-state index contributed by atoms with van der Waals surface area (Å²) in [6.07, 6.45) is 0. The molecule has 0 spiro atoms. The maximum Gasteiger partial charge on any atom is 0.316 e. The second-order valence-corrected chi connectivity index (χ2v) is 0. The van der Waals surface area contributed by atoms with E-state index in [1.165, 1.54) is 0 Å². The molecular formula is H5AlCoFeMg. The van der Waals surface area contributed by atoms with Gasteiger partial charge in [-0.15, -0.1) is 0 Å². The van der Waals surface area contributed by atoms with E-state index in [4.69, 9.17) is 0 Å². The molecule has 0 fully saturated rings. The van der Waals surface area contributed by atoms with E-state index in [1.54, 1.807) is 0 Å². The van der Waals surface area contributed by atoms with Gasteiger partial charge in [0, 0.05) is 33.8 Å². The molecule has 0 atom stereocenters. The van der Waals surface area contributed by atoms with Gasteiger partial charge in [0.05, 0.1) is 0 Å². The van der Waals surface area contributed by atoms with Crippen molar-refractivity contribution in [2.75, 3.05) is 0 Å². The van der Waals surface area contributed by atoms with Crippen LogP contribution >= 0.6 is 0 Å². The van der Waals surface area contributed by atoms with E-state index >= 15 is 0 Å². The van der Waals surface area contributed by atoms with Gasteiger partial charge in [0.15, 0.2) is 17.4 Å². The number of rotatable bonds is 0. The fourth-order valence-electron chi connectivity index (χ4n) is 0. The third kappa shape index (κ3) is 8.85. The molecule has 1 radical (unpaired) electrons. The molecule has 0 aromatic heterocycles. The molecule has 0 saturated heterocycles. The van der Waals surface area contributed by atoms with E-state index in [0.29, 0.717) is 0 Å². The van der Waals surface area contributed by atoms with Crippen LogP contribution in [0.2, 0.25) is 0 Å². The standard InChI is InChI=1S/Al.Co.Fe.Mg.5H. The normalized spacial score (nSPS) is 0. The monoisotopic (exact) mass is 171 g/mol. The van der Waals surface area contributed by atoms with Crippen LogP contribution in [-0.2, 0) is 33.8 Å². The Balaban J connectivity index is 0. The Hall–Kier alpha value is 2.32. The van der Waals surface area contributed by atoms with Crippen molar-refractivity contribution in [1.82, 2.24) is 0 Å². The maximum absolute atomic E-state index is 0. The minimum absolute atomic E-state index is 0. The molecule has 0 rings (SSSR count). The van der Waals surface area contributed by atoms with Gasteiger partial charge in [-0.05, 0) is 0 Å². The van der Waals surface area contributed by atoms with Crippen LogP contribution in [0.4, 0.5) is 0 Å². The van der Waals surface area contributed by atoms with Crippen molar-refractivity contribution in [1.29, 1.82) is 0 Å². The van der Waals surface area contributed by atoms with Crippen LogP contribution in [0.5, 0.6) is 0 Å². The van der Waals surface area contributed by atoms with E-state index in [2.05, 4.69) is 0 Å². The second-order valence-electron chi connectivity index (χ2n) is 0. The Kier molecular flexibility index (Phi) is 153. The van der Waals surface area contributed by atoms with Crippen LogP contribution in [0.1, 0.15) is 0 Å². The van der Waals surface area contributed by atoms with Crippen LogP contribution in [0.15, 0.2) is 0 Å². The van der Waals surface area contributed by atoms with Gasteiger partial charge in [-0.25, -0.2) is 0 Å². The van der Waals surface area contributed by atoms with Crippen molar-refractivity contribution in [3.8, 4) is 0 Å². The van der Waals surface area contributed by atoms with Crippen molar-refractivity contribution in [3.63, 3.8) is 0 Å². The van der Waals surface area contributed by atoms with Crippen LogP contribution in [0.25, 0.3) is 0 Å². The summed E-state index contributed by atoms with van der Waals surface area (Å²) in [7, 11) is 0. The Bertz CT molecular complexity index is 8.00. The summed E-state index contributed by atoms with van der Waals surface area (Å²) in [5, 5.41) is 0. The Morgan fingerprint density at radius 1 is 1.00 bits per heavy atom. The first kappa shape index (κ1) is 33.2. The van der Waals surface area contributed by atoms with Crippen LogP contribution in [-0.4, -0.2) is 40.4 Å². The molecule has 4 heteroatoms. The minimum atomic E-state index is 0. The fourth-order valence-corrected chi connectivity index (χ4v) is 0. The van der Waals surface area contributed by atoms with E-state index in [9.17, 15) is 0 Å². The zero-order valence-electron chi connectivity index (χ0n) is 0.687. The van der Waals surface area contributed by atoms with E-state index in [1.807, 2.05) is 0 Å². The summed E-state index contributed by atoms with van der Waals surface area (Å²) < 4.78 is 0. The molecule has 0 saturated carbocycles. The number of hydrogen-bond acceptors (Lipinski definition) is 0. The summed E-state index contributed by atoms with van der Waals surface area (Å²) in [4.78, 5) is 0. The molecule has 0 bridgehead atoms. The molecule has 0 N–H and O–H groups in total. The molecule has 0 amide bonds. The predicted molar refractivity (Wildman–Crippen MR) is 18.5 cm³/mol. The second kappa shape index (κ2) is 18.4. The average Bonchev–Trinajstić information content (AvgIpc) is 0. The quantitative estimate of drug-likeness (QED) is 0.366. The summed E-state index contributed by atoms with van der Waals surface area (Å²) >= 11 is 0. The maximum atomic E-state index is 0. The third-order valence-corrected chi connectivity index (χ3v) is 0. The van der Waals surface area contributed by atoms with E-state index in [-0.39, 0.29) is 74.3 Å². The predicted octanol–water partition coefficient (Wildman–Crippen LogP) is -2.11. The molecule has 0 aromatic carbocycles. The van der Waals surface area contributed by atoms with E-state index < -0.39 is 0 Å². The molecule has 0 aliphatic heterocycles. The van der Waals surface area contributed by atoms with Gasteiger partial charge in [0.1, 0.15) is 0 Å². The molecule has 0 unspecified atom stereocenters. The van der Waals surface area contributed by atoms with Crippen LogP contribution in [0.3, 0.4) is 0 Å². The van der Waals surface area contributed by atoms with Crippen molar-refractivity contribution < 1.29 is 33.8 Å². The first-order valence-electron chi connectivity index (χ1n) is 0. The largest absolute Gasteiger partial charge is 0.316 e. The van der Waals surface area contributed by atoms with Crippen molar-refractivity contribution >= 4 is 40.4 Å². The average molecular weight is 171 g/mol. The first-order chi connectivity index (χ1) is 0. The van der Waals surface area contributed by atoms with E-state index in [0.717, 1.165) is 0 Å². The fraction of sp³-hybridized carbons (Fsp3) is 0. The summed E-state index contributed by atoms with van der Waals surface area (Å²) in [6.45, 7) is 0. The first-order valence-corrected chi connectivity index (χ1v) is 0. The van der Waals surface area contributed by atoms with Gasteiger partial charge < -0.3 is 0 Å². The zero-order chi connectivity index (χ0) is 0. The molecular weight excluding hydrogens is 166 g/mol. The third-order valence-electron chi connectivity index (χ3n) is 0. The van der Waals surface area contributed by atoms with Gasteiger partial charge >= 0.3 is 23.1 Å². The minimum Gasteiger partial charge on any atom is 0 e. The van der Waals surface area contributed by atoms with Crippen LogP contribution < -0.4 is 0 Å². The summed E-state index contributed by atoms with van der Waals surface area (Å²) in [5.41, 5.74) is 0. The molecule has 27 valence electrons. The summed E-state index contributed by atoms with van der Waals surface area (Å²) in [6, 6.07) is 0. The Morgan fingerprint density at radius 3 is 1.00 bits per heavy atom. The van der Waals surface area contributed by atoms with Crippen molar-refractivity contribution in [2.45, 2.75) is 0 Å². The van der Waals surface area contributed by atoms with Gasteiger partial charge in [-0.1, -0.05) is 0 Å². The van der Waals surface area contributed by atoms with Gasteiger partial charge in [-0.3, -0.25) is 0 Å². The Morgan fingerprint density at radius 2 is 1.00 bits per heavy atom. The molecule has 0 nitrogen and oxygen atoms in total. The molecule has 0 heterocycles. The molecule has 4 heavy (non-hydrogen) atoms. The zero-order valence-corrected chi connectivity index (χ0v) is 2.83. The molecule has 0 aliphatic rings. The Labute approximate surface area is 73.4 Å². The molecule has 0 aromatic rings. The van der Waals surface area contributed by atoms with Crippen molar-refractivity contribution in [2.24, 2.45) is 0 Å². The SMILES string of the molecule is [AlH3].[Co].[Fe].[MgH2]. The van der Waals surface area contributed by atoms with Gasteiger partial charge in [-0.2, -0.15) is 0 Å². The summed E-state index contributed by atoms with van der Waals surface area (Å²) in [5.74, 6) is 0. The van der Waals surface area contributed by atoms with Crippen molar-refractivity contribution in [3.05, 3.63) is 0 Å². The number of hydrogen-bond donors (Lipinski definition) is 0. The van der Waals surface area contributed by atoms with Gasteiger partial charge in [0.25, 0.3) is 0 Å². The van der Waals surface area contributed by atoms with Crippen LogP contribution in [0, 0.1) is 0 Å². The topological polar surface area (TPSA) is 0 Å². The molecule has 0 aliphatic carbocycles. The smallest absolute Gasteiger partial charge is 0 e.